The molecule has 0 spiro atoms. The number of hydrogen-bond donors (Lipinski definition) is 0. The molecule has 0 fully saturated rings. The van der Waals surface area contributed by atoms with Crippen molar-refractivity contribution in [2.45, 2.75) is 82.6 Å². The zero-order chi connectivity index (χ0) is 16.3. The first-order chi connectivity index (χ1) is 10.6. The van der Waals surface area contributed by atoms with E-state index < -0.39 is 10.1 Å². The van der Waals surface area contributed by atoms with Gasteiger partial charge in [0.05, 0.1) is 11.0 Å². The van der Waals surface area contributed by atoms with Crippen molar-refractivity contribution in [1.29, 1.82) is 0 Å². The fourth-order valence-electron chi connectivity index (χ4n) is 2.54. The molecule has 0 amide bonds. The van der Waals surface area contributed by atoms with E-state index in [1.807, 2.05) is 0 Å². The van der Waals surface area contributed by atoms with Gasteiger partial charge in [-0.1, -0.05) is 77.0 Å². The Bertz CT molecular complexity index is 488. The Hall–Kier alpha value is 0.130. The van der Waals surface area contributed by atoms with E-state index in [0.29, 0.717) is 0 Å². The van der Waals surface area contributed by atoms with E-state index in [4.69, 9.17) is 4.18 Å². The third-order valence-corrected chi connectivity index (χ3v) is 5.16. The van der Waals surface area contributed by atoms with Crippen LogP contribution in [-0.2, 0) is 14.3 Å². The van der Waals surface area contributed by atoms with Crippen LogP contribution in [0.5, 0.6) is 0 Å². The molecule has 127 valence electrons. The molecule has 0 aliphatic heterocycles. The first-order valence-electron chi connectivity index (χ1n) is 8.58. The van der Waals surface area contributed by atoms with Crippen molar-refractivity contribution in [2.24, 2.45) is 0 Å². The molecule has 0 aliphatic carbocycles. The van der Waals surface area contributed by atoms with Crippen molar-refractivity contribution >= 4 is 39.7 Å². The number of unbranched alkanes of at least 4 members (excludes halogenated alkanes) is 5. The van der Waals surface area contributed by atoms with Gasteiger partial charge in [0.2, 0.25) is 0 Å². The summed E-state index contributed by atoms with van der Waals surface area (Å²) in [6.07, 6.45) is 9.61. The van der Waals surface area contributed by atoms with Gasteiger partial charge in [0, 0.05) is 29.6 Å². The van der Waals surface area contributed by atoms with Crippen LogP contribution in [0.25, 0.3) is 0 Å². The summed E-state index contributed by atoms with van der Waals surface area (Å²) in [4.78, 5) is 0.249. The van der Waals surface area contributed by atoms with Crippen LogP contribution in [0.15, 0.2) is 35.2 Å². The molecule has 1 unspecified atom stereocenters. The van der Waals surface area contributed by atoms with Crippen molar-refractivity contribution in [1.82, 2.24) is 0 Å². The molecule has 0 saturated carbocycles. The second kappa shape index (κ2) is 13.4. The topological polar surface area (TPSA) is 43.4 Å². The maximum atomic E-state index is 12.3. The van der Waals surface area contributed by atoms with Gasteiger partial charge in [0.1, 0.15) is 0 Å². The second-order valence-electron chi connectivity index (χ2n) is 5.83. The molecule has 1 rings (SSSR count). The Morgan fingerprint density at radius 2 is 1.48 bits per heavy atom. The van der Waals surface area contributed by atoms with Crippen LogP contribution in [-0.4, -0.2) is 44.1 Å². The summed E-state index contributed by atoms with van der Waals surface area (Å²) in [5.74, 6) is 0. The number of hydrogen-bond acceptors (Lipinski definition) is 3. The summed E-state index contributed by atoms with van der Waals surface area (Å²) in [7, 11) is -3.63. The number of rotatable bonds is 12. The smallest absolute Gasteiger partial charge is 0.263 e. The summed E-state index contributed by atoms with van der Waals surface area (Å²) in [6, 6.07) is 8.42. The zero-order valence-electron chi connectivity index (χ0n) is 15.0. The molecule has 23 heavy (non-hydrogen) atoms. The third-order valence-electron chi connectivity index (χ3n) is 3.78. The quantitative estimate of drug-likeness (QED) is 0.305. The van der Waals surface area contributed by atoms with Crippen molar-refractivity contribution in [2.75, 3.05) is 0 Å². The van der Waals surface area contributed by atoms with Crippen LogP contribution in [0.1, 0.15) is 71.6 Å². The van der Waals surface area contributed by atoms with Crippen molar-refractivity contribution in [3.8, 4) is 0 Å². The minimum atomic E-state index is -3.63. The standard InChI is InChI=1S/C18H30O3S.Na/c1-3-5-6-7-8-10-14-17(13-4-2)21-22(19,20)18-15-11-9-12-16-18;/h9,11-12,15-17H,3-8,10,13-14H2,1-2H3;. The Kier molecular flexibility index (Phi) is 13.5. The molecular formula is C18H30NaO3S. The van der Waals surface area contributed by atoms with Crippen molar-refractivity contribution in [3.05, 3.63) is 30.3 Å². The van der Waals surface area contributed by atoms with Crippen LogP contribution in [0.4, 0.5) is 0 Å². The van der Waals surface area contributed by atoms with E-state index in [0.717, 1.165) is 32.1 Å². The van der Waals surface area contributed by atoms with Crippen molar-refractivity contribution in [3.63, 3.8) is 0 Å². The Labute approximate surface area is 164 Å². The largest absolute Gasteiger partial charge is 0.297 e. The van der Waals surface area contributed by atoms with Crippen LogP contribution in [0.2, 0.25) is 0 Å². The van der Waals surface area contributed by atoms with E-state index >= 15 is 0 Å². The van der Waals surface area contributed by atoms with E-state index in [9.17, 15) is 8.42 Å². The zero-order valence-corrected chi connectivity index (χ0v) is 17.8. The molecule has 1 radical (unpaired) electrons. The molecule has 1 aromatic carbocycles. The molecule has 1 aromatic rings. The van der Waals surface area contributed by atoms with E-state index in [1.165, 1.54) is 25.7 Å². The van der Waals surface area contributed by atoms with Crippen LogP contribution < -0.4 is 0 Å². The monoisotopic (exact) mass is 349 g/mol. The van der Waals surface area contributed by atoms with Gasteiger partial charge in [-0.15, -0.1) is 0 Å². The van der Waals surface area contributed by atoms with Gasteiger partial charge < -0.3 is 0 Å². The first kappa shape index (κ1) is 23.1. The second-order valence-corrected chi connectivity index (χ2v) is 7.40. The van der Waals surface area contributed by atoms with Gasteiger partial charge >= 0.3 is 0 Å². The van der Waals surface area contributed by atoms with Gasteiger partial charge in [-0.3, -0.25) is 4.18 Å². The molecule has 0 N–H and O–H groups in total. The molecule has 3 nitrogen and oxygen atoms in total. The molecule has 0 aromatic heterocycles. The predicted molar refractivity (Wildman–Crippen MR) is 97.2 cm³/mol. The Balaban J connectivity index is 0.00000484. The summed E-state index contributed by atoms with van der Waals surface area (Å²) in [6.45, 7) is 4.27. The molecule has 0 aliphatic rings. The maximum absolute atomic E-state index is 12.3. The van der Waals surface area contributed by atoms with Crippen LogP contribution >= 0.6 is 0 Å². The van der Waals surface area contributed by atoms with E-state index in [2.05, 4.69) is 13.8 Å². The molecule has 5 heteroatoms. The summed E-state index contributed by atoms with van der Waals surface area (Å²) in [5, 5.41) is 0. The fourth-order valence-corrected chi connectivity index (χ4v) is 3.69. The summed E-state index contributed by atoms with van der Waals surface area (Å²) >= 11 is 0. The van der Waals surface area contributed by atoms with E-state index in [1.54, 1.807) is 30.3 Å². The molecule has 0 bridgehead atoms. The molecule has 1 atom stereocenters. The van der Waals surface area contributed by atoms with Gasteiger partial charge in [-0.05, 0) is 25.0 Å². The van der Waals surface area contributed by atoms with E-state index in [-0.39, 0.29) is 40.6 Å². The third kappa shape index (κ3) is 9.88. The van der Waals surface area contributed by atoms with Gasteiger partial charge in [-0.2, -0.15) is 8.42 Å². The fraction of sp³-hybridized carbons (Fsp3) is 0.667. The Morgan fingerprint density at radius 3 is 2.09 bits per heavy atom. The normalized spacial score (nSPS) is 12.6. The minimum Gasteiger partial charge on any atom is -0.263 e. The van der Waals surface area contributed by atoms with Crippen LogP contribution in [0.3, 0.4) is 0 Å². The molecule has 0 heterocycles. The summed E-state index contributed by atoms with van der Waals surface area (Å²) < 4.78 is 30.0. The van der Waals surface area contributed by atoms with Gasteiger partial charge in [0.25, 0.3) is 10.1 Å². The predicted octanol–water partition coefficient (Wildman–Crippen LogP) is 4.93. The first-order valence-corrected chi connectivity index (χ1v) is 9.99. The van der Waals surface area contributed by atoms with Crippen LogP contribution in [0, 0.1) is 0 Å². The van der Waals surface area contributed by atoms with Crippen molar-refractivity contribution < 1.29 is 12.6 Å². The SMILES string of the molecule is CCCCCCCCC(CCC)OS(=O)(=O)c1ccccc1.[Na]. The summed E-state index contributed by atoms with van der Waals surface area (Å²) in [5.41, 5.74) is 0. The molecule has 0 saturated heterocycles. The maximum Gasteiger partial charge on any atom is 0.297 e. The van der Waals surface area contributed by atoms with Gasteiger partial charge in [-0.25, -0.2) is 0 Å². The average Bonchev–Trinajstić information content (AvgIpc) is 2.51. The van der Waals surface area contributed by atoms with Gasteiger partial charge in [0.15, 0.2) is 0 Å². The Morgan fingerprint density at radius 1 is 0.870 bits per heavy atom. The average molecular weight is 349 g/mol. The minimum absolute atomic E-state index is 0. The molecular weight excluding hydrogens is 319 g/mol. The number of benzene rings is 1.